The van der Waals surface area contributed by atoms with Crippen LogP contribution < -0.4 is 16.4 Å². The summed E-state index contributed by atoms with van der Waals surface area (Å²) in [5.74, 6) is -3.21. The number of nitrogens with zero attached hydrogens (tertiary/aromatic N) is 4. The van der Waals surface area contributed by atoms with E-state index in [1.165, 1.54) is 6.20 Å². The number of nitrogens with one attached hydrogen (secondary N) is 2. The topological polar surface area (TPSA) is 120 Å². The summed E-state index contributed by atoms with van der Waals surface area (Å²) in [7, 11) is 0. The fourth-order valence-electron chi connectivity index (χ4n) is 4.29. The van der Waals surface area contributed by atoms with Crippen LogP contribution in [-0.4, -0.2) is 44.7 Å². The quantitative estimate of drug-likeness (QED) is 0.516. The summed E-state index contributed by atoms with van der Waals surface area (Å²) in [6.07, 6.45) is 3.89. The lowest BCUT2D eigenvalue weighted by molar-refractivity contribution is -0.122. The summed E-state index contributed by atoms with van der Waals surface area (Å²) in [4.78, 5) is 24.9. The van der Waals surface area contributed by atoms with Crippen LogP contribution in [0.4, 0.5) is 30.8 Å². The van der Waals surface area contributed by atoms with Gasteiger partial charge in [-0.15, -0.1) is 0 Å². The van der Waals surface area contributed by atoms with Gasteiger partial charge in [-0.05, 0) is 25.7 Å². The second kappa shape index (κ2) is 8.50. The Morgan fingerprint density at radius 1 is 1.09 bits per heavy atom. The Bertz CT molecular complexity index is 1180. The number of hydrogen-bond acceptors (Lipinski definition) is 7. The summed E-state index contributed by atoms with van der Waals surface area (Å²) in [6, 6.07) is 1.15. The lowest BCUT2D eigenvalue weighted by Gasteiger charge is -2.29. The molecule has 5 rings (SSSR count). The van der Waals surface area contributed by atoms with Crippen LogP contribution in [0.5, 0.6) is 0 Å². The molecule has 2 aromatic heterocycles. The first kappa shape index (κ1) is 21.4. The van der Waals surface area contributed by atoms with Gasteiger partial charge < -0.3 is 21.1 Å². The van der Waals surface area contributed by atoms with Crippen molar-refractivity contribution in [2.45, 2.75) is 37.8 Å². The maximum atomic E-state index is 14.3. The smallest absolute Gasteiger partial charge is 0.225 e. The molecule has 3 aromatic rings. The van der Waals surface area contributed by atoms with Crippen molar-refractivity contribution in [1.82, 2.24) is 19.5 Å². The number of hydrogen-bond donors (Lipinski definition) is 3. The van der Waals surface area contributed by atoms with Crippen molar-refractivity contribution in [2.75, 3.05) is 23.8 Å². The standard InChI is InChI=1S/C21H22F3N7O2/c22-11-5-14(23)17(15(24)6-11)29-21-28-16-7-26-20(27-12-8-33-9-12)30-19(16)31(21)13-3-1-10(2-4-13)18(25)32/h5-7,10,12-13H,1-4,8-9H2,(H2,25,32)(H,28,29)(H,26,27,30)/t10-,13-. The molecule has 0 bridgehead atoms. The van der Waals surface area contributed by atoms with Gasteiger partial charge in [0.15, 0.2) is 17.3 Å². The molecule has 4 N–H and O–H groups in total. The molecule has 1 saturated heterocycles. The number of imidazole rings is 1. The minimum atomic E-state index is -1.08. The van der Waals surface area contributed by atoms with Crippen molar-refractivity contribution in [3.63, 3.8) is 0 Å². The van der Waals surface area contributed by atoms with Crippen molar-refractivity contribution >= 4 is 34.7 Å². The molecule has 0 radical (unpaired) electrons. The molecule has 0 atom stereocenters. The van der Waals surface area contributed by atoms with Gasteiger partial charge in [0.1, 0.15) is 17.0 Å². The largest absolute Gasteiger partial charge is 0.377 e. The SMILES string of the molecule is NC(=O)[C@H]1CC[C@H](n2c(Nc3c(F)cc(F)cc3F)nc3cnc(NC4COC4)nc32)CC1. The summed E-state index contributed by atoms with van der Waals surface area (Å²) < 4.78 is 49.0. The fourth-order valence-corrected chi connectivity index (χ4v) is 4.29. The number of carbonyl (C=O) groups is 1. The third-order valence-corrected chi connectivity index (χ3v) is 6.11. The van der Waals surface area contributed by atoms with Crippen molar-refractivity contribution in [3.8, 4) is 0 Å². The molecule has 33 heavy (non-hydrogen) atoms. The Labute approximate surface area is 186 Å². The third kappa shape index (κ3) is 4.17. The van der Waals surface area contributed by atoms with E-state index in [0.29, 0.717) is 68.1 Å². The minimum Gasteiger partial charge on any atom is -0.377 e. The highest BCUT2D eigenvalue weighted by atomic mass is 19.1. The Morgan fingerprint density at radius 3 is 2.39 bits per heavy atom. The van der Waals surface area contributed by atoms with Gasteiger partial charge in [-0.2, -0.15) is 4.98 Å². The number of anilines is 3. The predicted molar refractivity (Wildman–Crippen MR) is 113 cm³/mol. The van der Waals surface area contributed by atoms with Gasteiger partial charge in [0.05, 0.1) is 25.5 Å². The number of carbonyl (C=O) groups excluding carboxylic acids is 1. The van der Waals surface area contributed by atoms with Gasteiger partial charge in [0.2, 0.25) is 17.8 Å². The van der Waals surface area contributed by atoms with Crippen LogP contribution in [0.15, 0.2) is 18.3 Å². The zero-order chi connectivity index (χ0) is 23.1. The van der Waals surface area contributed by atoms with Crippen molar-refractivity contribution < 1.29 is 22.7 Å². The van der Waals surface area contributed by atoms with Crippen molar-refractivity contribution in [3.05, 3.63) is 35.8 Å². The first-order valence-electron chi connectivity index (χ1n) is 10.7. The van der Waals surface area contributed by atoms with Crippen LogP contribution >= 0.6 is 0 Å². The molecule has 9 nitrogen and oxygen atoms in total. The number of ether oxygens (including phenoxy) is 1. The van der Waals surface area contributed by atoms with Gasteiger partial charge in [0.25, 0.3) is 0 Å². The normalized spacial score (nSPS) is 21.1. The maximum Gasteiger partial charge on any atom is 0.225 e. The Hall–Kier alpha value is -3.41. The van der Waals surface area contributed by atoms with Crippen LogP contribution in [0.1, 0.15) is 31.7 Å². The number of fused-ring (bicyclic) bond motifs is 1. The molecule has 174 valence electrons. The molecule has 1 amide bonds. The molecule has 12 heteroatoms. The second-order valence-corrected chi connectivity index (χ2v) is 8.36. The van der Waals surface area contributed by atoms with Gasteiger partial charge in [0, 0.05) is 24.1 Å². The third-order valence-electron chi connectivity index (χ3n) is 6.11. The number of rotatable bonds is 6. The zero-order valence-electron chi connectivity index (χ0n) is 17.5. The second-order valence-electron chi connectivity index (χ2n) is 8.36. The van der Waals surface area contributed by atoms with Crippen LogP contribution in [-0.2, 0) is 9.53 Å². The number of primary amides is 1. The number of amides is 1. The average Bonchev–Trinajstić information content (AvgIpc) is 3.10. The summed E-state index contributed by atoms with van der Waals surface area (Å²) in [6.45, 7) is 1.10. The molecule has 1 aliphatic heterocycles. The lowest BCUT2D eigenvalue weighted by Crippen LogP contribution is -2.40. The molecule has 2 fully saturated rings. The maximum absolute atomic E-state index is 14.3. The van der Waals surface area contributed by atoms with E-state index in [1.54, 1.807) is 4.57 Å². The molecule has 0 unspecified atom stereocenters. The van der Waals surface area contributed by atoms with Crippen LogP contribution in [0.3, 0.4) is 0 Å². The number of halogens is 3. The molecule has 1 saturated carbocycles. The zero-order valence-corrected chi connectivity index (χ0v) is 17.5. The number of aromatic nitrogens is 4. The van der Waals surface area contributed by atoms with E-state index in [1.807, 2.05) is 0 Å². The highest BCUT2D eigenvalue weighted by Gasteiger charge is 2.30. The molecule has 2 aliphatic rings. The first-order valence-corrected chi connectivity index (χ1v) is 10.7. The average molecular weight is 461 g/mol. The Balaban J connectivity index is 1.54. The van der Waals surface area contributed by atoms with Gasteiger partial charge >= 0.3 is 0 Å². The summed E-state index contributed by atoms with van der Waals surface area (Å²) in [5.41, 5.74) is 5.84. The van der Waals surface area contributed by atoms with Gasteiger partial charge in [-0.3, -0.25) is 9.36 Å². The minimum absolute atomic E-state index is 0.102. The van der Waals surface area contributed by atoms with E-state index in [9.17, 15) is 18.0 Å². The molecule has 0 spiro atoms. The van der Waals surface area contributed by atoms with E-state index in [0.717, 1.165) is 0 Å². The summed E-state index contributed by atoms with van der Waals surface area (Å²) in [5, 5.41) is 5.85. The molecular formula is C21H22F3N7O2. The van der Waals surface area contributed by atoms with Gasteiger partial charge in [-0.25, -0.2) is 23.1 Å². The monoisotopic (exact) mass is 461 g/mol. The van der Waals surface area contributed by atoms with Gasteiger partial charge in [-0.1, -0.05) is 0 Å². The van der Waals surface area contributed by atoms with E-state index < -0.39 is 23.1 Å². The predicted octanol–water partition coefficient (Wildman–Crippen LogP) is 3.01. The van der Waals surface area contributed by atoms with E-state index in [2.05, 4.69) is 25.6 Å². The van der Waals surface area contributed by atoms with Crippen LogP contribution in [0.25, 0.3) is 11.2 Å². The highest BCUT2D eigenvalue weighted by Crippen LogP contribution is 2.37. The molecule has 1 aliphatic carbocycles. The number of benzene rings is 1. The van der Waals surface area contributed by atoms with E-state index in [-0.39, 0.29) is 29.9 Å². The Morgan fingerprint density at radius 2 is 1.79 bits per heavy atom. The van der Waals surface area contributed by atoms with Crippen LogP contribution in [0, 0.1) is 23.4 Å². The van der Waals surface area contributed by atoms with Crippen molar-refractivity contribution in [2.24, 2.45) is 11.7 Å². The van der Waals surface area contributed by atoms with E-state index >= 15 is 0 Å². The summed E-state index contributed by atoms with van der Waals surface area (Å²) >= 11 is 0. The molecular weight excluding hydrogens is 439 g/mol. The van der Waals surface area contributed by atoms with Crippen molar-refractivity contribution in [1.29, 1.82) is 0 Å². The van der Waals surface area contributed by atoms with Crippen LogP contribution in [0.2, 0.25) is 0 Å². The van der Waals surface area contributed by atoms with E-state index in [4.69, 9.17) is 10.5 Å². The molecule has 1 aromatic carbocycles. The first-order chi connectivity index (χ1) is 15.9. The molecule has 3 heterocycles. The highest BCUT2D eigenvalue weighted by molar-refractivity contribution is 5.78. The lowest BCUT2D eigenvalue weighted by atomic mass is 9.85. The Kier molecular flexibility index (Phi) is 5.52. The number of nitrogens with two attached hydrogens (primary N) is 1. The fraction of sp³-hybridized carbons (Fsp3) is 0.429.